The van der Waals surface area contributed by atoms with Gasteiger partial charge in [-0.3, -0.25) is 14.5 Å². The van der Waals surface area contributed by atoms with E-state index in [-0.39, 0.29) is 24.5 Å². The molecule has 0 saturated heterocycles. The van der Waals surface area contributed by atoms with Gasteiger partial charge in [-0.25, -0.2) is 4.79 Å². The average molecular weight is 421 g/mol. The number of allylic oxidation sites excluding steroid dienone is 1. The zero-order valence-corrected chi connectivity index (χ0v) is 18.3. The monoisotopic (exact) mass is 420 g/mol. The number of carbonyl (C=O) groups excluding carboxylic acids is 3. The number of benzene rings is 2. The number of nitrogens with zero attached hydrogens (tertiary/aromatic N) is 1. The average Bonchev–Trinajstić information content (AvgIpc) is 2.74. The molecule has 6 nitrogen and oxygen atoms in total. The molecule has 162 valence electrons. The minimum atomic E-state index is -0.920. The SMILES string of the molecule is CCOC(=O)C1=C(C)N(c2ccccc2)C(=O)CC1C(=O)Nc1ccc(C(C)C)cc1. The molecule has 0 spiro atoms. The fraction of sp³-hybridized carbons (Fsp3) is 0.320. The Morgan fingerprint density at radius 2 is 1.74 bits per heavy atom. The molecular weight excluding hydrogens is 392 g/mol. The first-order valence-corrected chi connectivity index (χ1v) is 10.5. The van der Waals surface area contributed by atoms with Gasteiger partial charge < -0.3 is 10.1 Å². The Morgan fingerprint density at radius 3 is 2.32 bits per heavy atom. The minimum Gasteiger partial charge on any atom is -0.463 e. The van der Waals surface area contributed by atoms with Gasteiger partial charge in [0.15, 0.2) is 0 Å². The van der Waals surface area contributed by atoms with Crippen LogP contribution in [-0.2, 0) is 19.1 Å². The number of para-hydroxylation sites is 1. The van der Waals surface area contributed by atoms with Crippen molar-refractivity contribution in [2.24, 2.45) is 5.92 Å². The molecule has 6 heteroatoms. The van der Waals surface area contributed by atoms with Crippen LogP contribution in [-0.4, -0.2) is 24.4 Å². The van der Waals surface area contributed by atoms with E-state index < -0.39 is 17.8 Å². The summed E-state index contributed by atoms with van der Waals surface area (Å²) in [6.07, 6.45) is -0.115. The van der Waals surface area contributed by atoms with Crippen molar-refractivity contribution >= 4 is 29.2 Å². The number of carbonyl (C=O) groups is 3. The van der Waals surface area contributed by atoms with Gasteiger partial charge in [0.2, 0.25) is 11.8 Å². The van der Waals surface area contributed by atoms with Gasteiger partial charge in [-0.2, -0.15) is 0 Å². The first-order valence-electron chi connectivity index (χ1n) is 10.5. The summed E-state index contributed by atoms with van der Waals surface area (Å²) < 4.78 is 5.23. The molecule has 3 rings (SSSR count). The lowest BCUT2D eigenvalue weighted by Crippen LogP contribution is -2.43. The largest absolute Gasteiger partial charge is 0.463 e. The van der Waals surface area contributed by atoms with Crippen LogP contribution in [0, 0.1) is 5.92 Å². The molecule has 31 heavy (non-hydrogen) atoms. The van der Waals surface area contributed by atoms with E-state index in [1.807, 2.05) is 42.5 Å². The summed E-state index contributed by atoms with van der Waals surface area (Å²) in [7, 11) is 0. The molecule has 0 saturated carbocycles. The summed E-state index contributed by atoms with van der Waals surface area (Å²) in [5.74, 6) is -1.77. The Balaban J connectivity index is 1.94. The van der Waals surface area contributed by atoms with Crippen molar-refractivity contribution in [1.82, 2.24) is 0 Å². The fourth-order valence-corrected chi connectivity index (χ4v) is 3.75. The highest BCUT2D eigenvalue weighted by Crippen LogP contribution is 2.34. The van der Waals surface area contributed by atoms with Crippen LogP contribution in [0.2, 0.25) is 0 Å². The second-order valence-electron chi connectivity index (χ2n) is 7.81. The number of hydrogen-bond acceptors (Lipinski definition) is 4. The Kier molecular flexibility index (Phi) is 6.90. The highest BCUT2D eigenvalue weighted by molar-refractivity contribution is 6.10. The standard InChI is InChI=1S/C25H28N2O4/c1-5-31-25(30)23-17(4)27(20-9-7-6-8-10-20)22(28)15-21(23)24(29)26-19-13-11-18(12-14-19)16(2)3/h6-14,16,21H,5,15H2,1-4H3,(H,26,29). The van der Waals surface area contributed by atoms with Crippen molar-refractivity contribution in [1.29, 1.82) is 0 Å². The molecule has 1 N–H and O–H groups in total. The molecule has 1 atom stereocenters. The van der Waals surface area contributed by atoms with Crippen LogP contribution in [0.25, 0.3) is 0 Å². The number of esters is 1. The van der Waals surface area contributed by atoms with Gasteiger partial charge in [-0.15, -0.1) is 0 Å². The van der Waals surface area contributed by atoms with E-state index in [9.17, 15) is 14.4 Å². The lowest BCUT2D eigenvalue weighted by Gasteiger charge is -2.33. The predicted octanol–water partition coefficient (Wildman–Crippen LogP) is 4.64. The number of ether oxygens (including phenoxy) is 1. The van der Waals surface area contributed by atoms with Gasteiger partial charge in [0.25, 0.3) is 0 Å². The van der Waals surface area contributed by atoms with E-state index in [1.165, 1.54) is 4.90 Å². The smallest absolute Gasteiger partial charge is 0.336 e. The molecule has 1 unspecified atom stereocenters. The quantitative estimate of drug-likeness (QED) is 0.691. The van der Waals surface area contributed by atoms with Crippen molar-refractivity contribution in [3.63, 3.8) is 0 Å². The van der Waals surface area contributed by atoms with Crippen LogP contribution in [0.4, 0.5) is 11.4 Å². The molecule has 2 amide bonds. The van der Waals surface area contributed by atoms with Crippen molar-refractivity contribution in [2.75, 3.05) is 16.8 Å². The Labute approximate surface area is 182 Å². The summed E-state index contributed by atoms with van der Waals surface area (Å²) in [6, 6.07) is 16.6. The molecule has 1 aliphatic rings. The summed E-state index contributed by atoms with van der Waals surface area (Å²) in [5.41, 5.74) is 3.05. The third-order valence-corrected chi connectivity index (χ3v) is 5.37. The number of rotatable bonds is 6. The van der Waals surface area contributed by atoms with E-state index in [1.54, 1.807) is 26.0 Å². The number of nitrogens with one attached hydrogen (secondary N) is 1. The van der Waals surface area contributed by atoms with Crippen LogP contribution in [0.15, 0.2) is 65.9 Å². The summed E-state index contributed by atoms with van der Waals surface area (Å²) in [5, 5.41) is 2.85. The van der Waals surface area contributed by atoms with Crippen LogP contribution in [0.5, 0.6) is 0 Å². The molecule has 0 fully saturated rings. The van der Waals surface area contributed by atoms with Crippen LogP contribution >= 0.6 is 0 Å². The highest BCUT2D eigenvalue weighted by atomic mass is 16.5. The number of hydrogen-bond donors (Lipinski definition) is 1. The zero-order valence-electron chi connectivity index (χ0n) is 18.3. The third-order valence-electron chi connectivity index (χ3n) is 5.37. The zero-order chi connectivity index (χ0) is 22.5. The molecule has 2 aromatic rings. The first-order chi connectivity index (χ1) is 14.8. The third kappa shape index (κ3) is 4.85. The van der Waals surface area contributed by atoms with Crippen LogP contribution < -0.4 is 10.2 Å². The van der Waals surface area contributed by atoms with E-state index in [0.29, 0.717) is 23.0 Å². The second-order valence-corrected chi connectivity index (χ2v) is 7.81. The number of anilines is 2. The first kappa shape index (κ1) is 22.3. The maximum Gasteiger partial charge on any atom is 0.336 e. The van der Waals surface area contributed by atoms with Crippen LogP contribution in [0.1, 0.15) is 45.6 Å². The Morgan fingerprint density at radius 1 is 1.10 bits per heavy atom. The fourth-order valence-electron chi connectivity index (χ4n) is 3.75. The predicted molar refractivity (Wildman–Crippen MR) is 121 cm³/mol. The van der Waals surface area contributed by atoms with Crippen molar-refractivity contribution in [2.45, 2.75) is 40.0 Å². The maximum atomic E-state index is 13.1. The second kappa shape index (κ2) is 9.60. The van der Waals surface area contributed by atoms with Gasteiger partial charge in [-0.1, -0.05) is 44.2 Å². The molecule has 1 aliphatic heterocycles. The summed E-state index contributed by atoms with van der Waals surface area (Å²) in [4.78, 5) is 40.4. The summed E-state index contributed by atoms with van der Waals surface area (Å²) in [6.45, 7) is 7.76. The van der Waals surface area contributed by atoms with E-state index in [0.717, 1.165) is 5.56 Å². The Hall–Kier alpha value is -3.41. The van der Waals surface area contributed by atoms with Gasteiger partial charge in [0, 0.05) is 23.5 Å². The van der Waals surface area contributed by atoms with Gasteiger partial charge in [-0.05, 0) is 49.6 Å². The van der Waals surface area contributed by atoms with Gasteiger partial charge >= 0.3 is 5.97 Å². The van der Waals surface area contributed by atoms with E-state index in [4.69, 9.17) is 4.74 Å². The lowest BCUT2D eigenvalue weighted by molar-refractivity contribution is -0.141. The normalized spacial score (nSPS) is 16.5. The number of amides is 2. The van der Waals surface area contributed by atoms with Crippen molar-refractivity contribution in [3.8, 4) is 0 Å². The van der Waals surface area contributed by atoms with E-state index in [2.05, 4.69) is 19.2 Å². The molecule has 2 aromatic carbocycles. The van der Waals surface area contributed by atoms with Crippen molar-refractivity contribution in [3.05, 3.63) is 71.4 Å². The topological polar surface area (TPSA) is 75.7 Å². The highest BCUT2D eigenvalue weighted by Gasteiger charge is 2.40. The molecule has 0 bridgehead atoms. The van der Waals surface area contributed by atoms with Gasteiger partial charge in [0.05, 0.1) is 18.1 Å². The maximum absolute atomic E-state index is 13.1. The minimum absolute atomic E-state index is 0.115. The molecular formula is C25H28N2O4. The van der Waals surface area contributed by atoms with Crippen LogP contribution in [0.3, 0.4) is 0 Å². The lowest BCUT2D eigenvalue weighted by atomic mass is 9.88. The molecule has 0 aliphatic carbocycles. The van der Waals surface area contributed by atoms with Gasteiger partial charge in [0.1, 0.15) is 0 Å². The van der Waals surface area contributed by atoms with E-state index >= 15 is 0 Å². The Bertz CT molecular complexity index is 994. The molecule has 1 heterocycles. The summed E-state index contributed by atoms with van der Waals surface area (Å²) >= 11 is 0. The molecule has 0 radical (unpaired) electrons. The molecule has 0 aromatic heterocycles. The van der Waals surface area contributed by atoms with Crippen molar-refractivity contribution < 1.29 is 19.1 Å².